The van der Waals surface area contributed by atoms with Crippen LogP contribution in [0.2, 0.25) is 0 Å². The van der Waals surface area contributed by atoms with Gasteiger partial charge in [0.15, 0.2) is 0 Å². The molecule has 0 spiro atoms. The molecule has 6 heteroatoms. The summed E-state index contributed by atoms with van der Waals surface area (Å²) in [5.74, 6) is -0.992. The van der Waals surface area contributed by atoms with E-state index in [9.17, 15) is 13.2 Å². The lowest BCUT2D eigenvalue weighted by atomic mass is 10.1. The van der Waals surface area contributed by atoms with E-state index in [1.807, 2.05) is 0 Å². The molecular formula is C8H4BrF3N2. The fourth-order valence-corrected chi connectivity index (χ4v) is 1.50. The molecule has 0 N–H and O–H groups in total. The molecule has 14 heavy (non-hydrogen) atoms. The summed E-state index contributed by atoms with van der Waals surface area (Å²) in [5.41, 5.74) is -0.651. The van der Waals surface area contributed by atoms with Crippen molar-refractivity contribution in [2.75, 3.05) is 0 Å². The second-order valence-electron chi connectivity index (χ2n) is 2.43. The molecule has 0 saturated heterocycles. The Balaban J connectivity index is 3.30. The topological polar surface area (TPSA) is 36.7 Å². The van der Waals surface area contributed by atoms with Gasteiger partial charge in [-0.1, -0.05) is 15.9 Å². The van der Waals surface area contributed by atoms with Gasteiger partial charge in [0, 0.05) is 16.1 Å². The molecule has 0 amide bonds. The van der Waals surface area contributed by atoms with E-state index in [0.717, 1.165) is 6.07 Å². The largest absolute Gasteiger partial charge is 0.280 e. The normalized spacial score (nSPS) is 10.3. The lowest BCUT2D eigenvalue weighted by Crippen LogP contribution is -2.01. The minimum atomic E-state index is -2.88. The maximum atomic E-state index is 12.7. The van der Waals surface area contributed by atoms with E-state index in [2.05, 4.69) is 20.9 Å². The average Bonchev–Trinajstić information content (AvgIpc) is 2.09. The highest BCUT2D eigenvalue weighted by Crippen LogP contribution is 2.27. The zero-order valence-electron chi connectivity index (χ0n) is 6.77. The van der Waals surface area contributed by atoms with Gasteiger partial charge in [-0.3, -0.25) is 0 Å². The van der Waals surface area contributed by atoms with Crippen LogP contribution in [0.4, 0.5) is 13.2 Å². The van der Waals surface area contributed by atoms with Crippen LogP contribution in [-0.2, 0) is 6.42 Å². The number of pyridine rings is 1. The summed E-state index contributed by atoms with van der Waals surface area (Å²) in [6.07, 6.45) is -3.11. The first-order valence-electron chi connectivity index (χ1n) is 3.56. The van der Waals surface area contributed by atoms with Gasteiger partial charge >= 0.3 is 0 Å². The molecule has 0 aliphatic heterocycles. The zero-order valence-corrected chi connectivity index (χ0v) is 8.35. The molecule has 2 nitrogen and oxygen atoms in total. The molecule has 0 fully saturated rings. The third kappa shape index (κ3) is 2.23. The smallest absolute Gasteiger partial charge is 0.218 e. The highest BCUT2D eigenvalue weighted by Gasteiger charge is 2.18. The molecule has 0 radical (unpaired) electrons. The molecule has 1 aromatic rings. The first kappa shape index (κ1) is 11.0. The van der Waals surface area contributed by atoms with Crippen LogP contribution in [0.5, 0.6) is 0 Å². The minimum Gasteiger partial charge on any atom is -0.218 e. The van der Waals surface area contributed by atoms with Crippen molar-refractivity contribution in [1.82, 2.24) is 4.98 Å². The van der Waals surface area contributed by atoms with Gasteiger partial charge in [-0.25, -0.2) is 13.8 Å². The predicted octanol–water partition coefficient (Wildman–Crippen LogP) is 2.99. The van der Waals surface area contributed by atoms with E-state index in [1.165, 1.54) is 0 Å². The predicted molar refractivity (Wildman–Crippen MR) is 46.2 cm³/mol. The fourth-order valence-electron chi connectivity index (χ4n) is 0.963. The van der Waals surface area contributed by atoms with Crippen molar-refractivity contribution in [3.05, 3.63) is 27.7 Å². The molecule has 0 unspecified atom stereocenters. The van der Waals surface area contributed by atoms with Gasteiger partial charge in [0.2, 0.25) is 5.95 Å². The summed E-state index contributed by atoms with van der Waals surface area (Å²) >= 11 is 2.90. The standard InChI is InChI=1S/C8H4BrF3N2/c9-5-3-6(10)14-7(8(11)12)4(5)1-2-13/h3,8H,1H2. The fraction of sp³-hybridized carbons (Fsp3) is 0.250. The Morgan fingerprint density at radius 2 is 2.21 bits per heavy atom. The van der Waals surface area contributed by atoms with E-state index < -0.39 is 18.1 Å². The number of rotatable bonds is 2. The van der Waals surface area contributed by atoms with Crippen molar-refractivity contribution in [1.29, 1.82) is 5.26 Å². The van der Waals surface area contributed by atoms with E-state index >= 15 is 0 Å². The summed E-state index contributed by atoms with van der Waals surface area (Å²) in [5, 5.41) is 8.38. The Bertz CT molecular complexity index is 387. The molecule has 0 bridgehead atoms. The average molecular weight is 265 g/mol. The van der Waals surface area contributed by atoms with Crippen molar-refractivity contribution in [3.8, 4) is 6.07 Å². The van der Waals surface area contributed by atoms with Crippen molar-refractivity contribution in [2.45, 2.75) is 12.8 Å². The molecule has 74 valence electrons. The Morgan fingerprint density at radius 3 is 2.71 bits per heavy atom. The highest BCUT2D eigenvalue weighted by molar-refractivity contribution is 9.10. The van der Waals surface area contributed by atoms with E-state index in [-0.39, 0.29) is 16.5 Å². The molecule has 1 rings (SSSR count). The van der Waals surface area contributed by atoms with Crippen LogP contribution in [0.25, 0.3) is 0 Å². The maximum Gasteiger partial charge on any atom is 0.280 e. The van der Waals surface area contributed by atoms with Crippen molar-refractivity contribution < 1.29 is 13.2 Å². The molecular weight excluding hydrogens is 261 g/mol. The first-order valence-corrected chi connectivity index (χ1v) is 4.35. The van der Waals surface area contributed by atoms with Gasteiger partial charge in [0.05, 0.1) is 12.5 Å². The number of nitriles is 1. The summed E-state index contributed by atoms with van der Waals surface area (Å²) in [6, 6.07) is 2.67. The third-order valence-corrected chi connectivity index (χ3v) is 2.24. The number of halogens is 4. The zero-order chi connectivity index (χ0) is 10.7. The van der Waals surface area contributed by atoms with Gasteiger partial charge in [-0.15, -0.1) is 0 Å². The van der Waals surface area contributed by atoms with Crippen LogP contribution in [-0.4, -0.2) is 4.98 Å². The van der Waals surface area contributed by atoms with Crippen LogP contribution in [0.1, 0.15) is 17.7 Å². The molecule has 0 saturated carbocycles. The van der Waals surface area contributed by atoms with Gasteiger partial charge in [0.1, 0.15) is 5.69 Å². The van der Waals surface area contributed by atoms with Crippen molar-refractivity contribution in [2.24, 2.45) is 0 Å². The lowest BCUT2D eigenvalue weighted by molar-refractivity contribution is 0.143. The first-order chi connectivity index (χ1) is 6.56. The van der Waals surface area contributed by atoms with Gasteiger partial charge < -0.3 is 0 Å². The number of hydrogen-bond acceptors (Lipinski definition) is 2. The number of aromatic nitrogens is 1. The van der Waals surface area contributed by atoms with Crippen LogP contribution in [0.15, 0.2) is 10.5 Å². The Kier molecular flexibility index (Phi) is 3.47. The van der Waals surface area contributed by atoms with E-state index in [1.54, 1.807) is 6.07 Å². The molecule has 0 aliphatic carbocycles. The van der Waals surface area contributed by atoms with Crippen LogP contribution >= 0.6 is 15.9 Å². The van der Waals surface area contributed by atoms with Crippen LogP contribution in [0, 0.1) is 17.3 Å². The highest BCUT2D eigenvalue weighted by atomic mass is 79.9. The lowest BCUT2D eigenvalue weighted by Gasteiger charge is -2.06. The molecule has 0 aromatic carbocycles. The quantitative estimate of drug-likeness (QED) is 0.771. The Morgan fingerprint density at radius 1 is 1.57 bits per heavy atom. The molecule has 1 heterocycles. The second kappa shape index (κ2) is 4.42. The summed E-state index contributed by atoms with van der Waals surface area (Å²) in [6.45, 7) is 0. The van der Waals surface area contributed by atoms with Crippen LogP contribution < -0.4 is 0 Å². The summed E-state index contributed by atoms with van der Waals surface area (Å²) in [7, 11) is 0. The Hall–Kier alpha value is -1.09. The van der Waals surface area contributed by atoms with Crippen molar-refractivity contribution >= 4 is 15.9 Å². The molecule has 0 aliphatic rings. The van der Waals surface area contributed by atoms with Gasteiger partial charge in [-0.2, -0.15) is 9.65 Å². The third-order valence-electron chi connectivity index (χ3n) is 1.53. The molecule has 0 atom stereocenters. The number of alkyl halides is 2. The SMILES string of the molecule is N#CCc1c(Br)cc(F)nc1C(F)F. The summed E-state index contributed by atoms with van der Waals surface area (Å²) in [4.78, 5) is 3.05. The number of hydrogen-bond donors (Lipinski definition) is 0. The van der Waals surface area contributed by atoms with E-state index in [0.29, 0.717) is 0 Å². The maximum absolute atomic E-state index is 12.7. The Labute approximate surface area is 86.5 Å². The number of nitrogens with zero attached hydrogens (tertiary/aromatic N) is 2. The second-order valence-corrected chi connectivity index (χ2v) is 3.28. The van der Waals surface area contributed by atoms with Crippen LogP contribution in [0.3, 0.4) is 0 Å². The summed E-state index contributed by atoms with van der Waals surface area (Å²) < 4.78 is 37.5. The van der Waals surface area contributed by atoms with E-state index in [4.69, 9.17) is 5.26 Å². The van der Waals surface area contributed by atoms with Gasteiger partial charge in [-0.05, 0) is 0 Å². The van der Waals surface area contributed by atoms with Crippen molar-refractivity contribution in [3.63, 3.8) is 0 Å². The molecule has 1 aromatic heterocycles. The van der Waals surface area contributed by atoms with Gasteiger partial charge in [0.25, 0.3) is 6.43 Å². The monoisotopic (exact) mass is 264 g/mol. The minimum absolute atomic E-state index is 0.0314.